The van der Waals surface area contributed by atoms with Crippen molar-refractivity contribution in [1.29, 1.82) is 0 Å². The number of benzene rings is 1. The van der Waals surface area contributed by atoms with Crippen LogP contribution in [0.5, 0.6) is 0 Å². The van der Waals surface area contributed by atoms with Crippen molar-refractivity contribution in [2.24, 2.45) is 0 Å². The maximum atomic E-state index is 12.4. The fourth-order valence-corrected chi connectivity index (χ4v) is 3.32. The number of hydrogen-bond acceptors (Lipinski definition) is 5. The highest BCUT2D eigenvalue weighted by Crippen LogP contribution is 2.16. The molecule has 5 nitrogen and oxygen atoms in total. The summed E-state index contributed by atoms with van der Waals surface area (Å²) in [6.45, 7) is 2.37. The molecule has 0 aliphatic heterocycles. The van der Waals surface area contributed by atoms with Crippen LogP contribution in [0.1, 0.15) is 23.2 Å². The van der Waals surface area contributed by atoms with Gasteiger partial charge in [0.1, 0.15) is 0 Å². The number of aromatic amines is 1. The van der Waals surface area contributed by atoms with E-state index in [9.17, 15) is 9.59 Å². The second-order valence-electron chi connectivity index (χ2n) is 5.74. The molecule has 0 saturated heterocycles. The highest BCUT2D eigenvalue weighted by Gasteiger charge is 2.13. The van der Waals surface area contributed by atoms with Crippen molar-refractivity contribution in [2.75, 3.05) is 19.6 Å². The van der Waals surface area contributed by atoms with E-state index in [0.29, 0.717) is 35.8 Å². The van der Waals surface area contributed by atoms with Crippen LogP contribution in [0.15, 0.2) is 39.1 Å². The maximum absolute atomic E-state index is 12.4. The van der Waals surface area contributed by atoms with Gasteiger partial charge < -0.3 is 9.88 Å². The van der Waals surface area contributed by atoms with Crippen LogP contribution in [0.4, 0.5) is 0 Å². The minimum Gasteiger partial charge on any atom is -0.341 e. The van der Waals surface area contributed by atoms with E-state index in [1.807, 2.05) is 31.6 Å². The van der Waals surface area contributed by atoms with E-state index >= 15 is 0 Å². The van der Waals surface area contributed by atoms with Gasteiger partial charge in [-0.15, -0.1) is 11.8 Å². The molecule has 1 N–H and O–H groups in total. The molecule has 0 fully saturated rings. The first-order valence-electron chi connectivity index (χ1n) is 7.95. The quantitative estimate of drug-likeness (QED) is 0.593. The molecule has 0 bridgehead atoms. The number of carbonyl (C=O) groups is 1. The number of H-pyrrole nitrogens is 1. The number of thioether (sulfide) groups is 2. The molecule has 0 spiro atoms. The van der Waals surface area contributed by atoms with E-state index in [0.717, 1.165) is 5.56 Å². The topological polar surface area (TPSA) is 66.1 Å². The Morgan fingerprint density at radius 1 is 1.20 bits per heavy atom. The predicted molar refractivity (Wildman–Crippen MR) is 104 cm³/mol. The normalized spacial score (nSPS) is 10.7. The number of hydrogen-bond donors (Lipinski definition) is 1. The zero-order valence-electron chi connectivity index (χ0n) is 15.0. The largest absolute Gasteiger partial charge is 0.341 e. The van der Waals surface area contributed by atoms with Crippen LogP contribution < -0.4 is 5.56 Å². The lowest BCUT2D eigenvalue weighted by atomic mass is 10.1. The van der Waals surface area contributed by atoms with Crippen molar-refractivity contribution in [3.8, 4) is 0 Å². The first kappa shape index (κ1) is 19.6. The van der Waals surface area contributed by atoms with Gasteiger partial charge in [0, 0.05) is 36.2 Å². The average molecular weight is 378 g/mol. The van der Waals surface area contributed by atoms with Gasteiger partial charge in [-0.3, -0.25) is 9.59 Å². The van der Waals surface area contributed by atoms with Crippen molar-refractivity contribution in [3.63, 3.8) is 0 Å². The number of nitrogens with one attached hydrogen (secondary N) is 1. The van der Waals surface area contributed by atoms with Gasteiger partial charge in [0.05, 0.1) is 0 Å². The fraction of sp³-hybridized carbons (Fsp3) is 0.389. The lowest BCUT2D eigenvalue weighted by Crippen LogP contribution is -2.27. The monoisotopic (exact) mass is 377 g/mol. The second-order valence-corrected chi connectivity index (χ2v) is 7.41. The average Bonchev–Trinajstić information content (AvgIpc) is 2.61. The molecule has 2 aromatic rings. The zero-order chi connectivity index (χ0) is 18.4. The predicted octanol–water partition coefficient (Wildman–Crippen LogP) is 3.11. The van der Waals surface area contributed by atoms with Gasteiger partial charge >= 0.3 is 0 Å². The van der Waals surface area contributed by atoms with Gasteiger partial charge in [-0.2, -0.15) is 0 Å². The Balaban J connectivity index is 1.96. The lowest BCUT2D eigenvalue weighted by molar-refractivity contribution is -0.130. The number of aryl methyl sites for hydroxylation is 1. The third kappa shape index (κ3) is 5.37. The standard InChI is InChI=1S/C18H23N3O2S2/c1-12-15(17(23)20-18(19-12)25-4)9-10-16(22)21(2)11-13-5-7-14(24-3)8-6-13/h5-8H,9-11H2,1-4H3,(H,19,20,23). The molecule has 0 atom stereocenters. The van der Waals surface area contributed by atoms with Crippen molar-refractivity contribution in [2.45, 2.75) is 36.4 Å². The molecule has 7 heteroatoms. The Morgan fingerprint density at radius 3 is 2.44 bits per heavy atom. The van der Waals surface area contributed by atoms with Crippen molar-refractivity contribution < 1.29 is 4.79 Å². The maximum Gasteiger partial charge on any atom is 0.254 e. The molecule has 0 aliphatic rings. The summed E-state index contributed by atoms with van der Waals surface area (Å²) in [6, 6.07) is 8.19. The molecule has 0 unspecified atom stereocenters. The Morgan fingerprint density at radius 2 is 1.88 bits per heavy atom. The summed E-state index contributed by atoms with van der Waals surface area (Å²) < 4.78 is 0. The third-order valence-electron chi connectivity index (χ3n) is 3.99. The summed E-state index contributed by atoms with van der Waals surface area (Å²) >= 11 is 3.09. The van der Waals surface area contributed by atoms with Gasteiger partial charge in [0.15, 0.2) is 5.16 Å². The molecule has 134 valence electrons. The lowest BCUT2D eigenvalue weighted by Gasteiger charge is -2.17. The minimum atomic E-state index is -0.153. The van der Waals surface area contributed by atoms with Crippen LogP contribution in [0.3, 0.4) is 0 Å². The van der Waals surface area contributed by atoms with Crippen LogP contribution in [-0.2, 0) is 17.8 Å². The zero-order valence-corrected chi connectivity index (χ0v) is 16.6. The molecule has 25 heavy (non-hydrogen) atoms. The van der Waals surface area contributed by atoms with Crippen molar-refractivity contribution in [3.05, 3.63) is 51.4 Å². The van der Waals surface area contributed by atoms with Gasteiger partial charge in [-0.05, 0) is 43.6 Å². The summed E-state index contributed by atoms with van der Waals surface area (Å²) in [4.78, 5) is 34.5. The first-order valence-corrected chi connectivity index (χ1v) is 10.4. The van der Waals surface area contributed by atoms with Gasteiger partial charge in [0.25, 0.3) is 5.56 Å². The summed E-state index contributed by atoms with van der Waals surface area (Å²) in [7, 11) is 1.79. The van der Waals surface area contributed by atoms with Crippen LogP contribution in [0.25, 0.3) is 0 Å². The SMILES string of the molecule is CSc1ccc(CN(C)C(=O)CCc2c(C)nc(SC)[nH]c2=O)cc1. The summed E-state index contributed by atoms with van der Waals surface area (Å²) in [5, 5.41) is 0.600. The molecule has 0 aliphatic carbocycles. The summed E-state index contributed by atoms with van der Waals surface area (Å²) in [6.07, 6.45) is 4.59. The second kappa shape index (κ2) is 9.10. The van der Waals surface area contributed by atoms with Crippen LogP contribution in [0.2, 0.25) is 0 Å². The molecule has 0 radical (unpaired) electrons. The highest BCUT2D eigenvalue weighted by molar-refractivity contribution is 7.98. The van der Waals surface area contributed by atoms with Crippen molar-refractivity contribution >= 4 is 29.4 Å². The smallest absolute Gasteiger partial charge is 0.254 e. The van der Waals surface area contributed by atoms with Gasteiger partial charge in [0.2, 0.25) is 5.91 Å². The highest BCUT2D eigenvalue weighted by atomic mass is 32.2. The molecule has 2 rings (SSSR count). The summed E-state index contributed by atoms with van der Waals surface area (Å²) in [5.74, 6) is 0.0155. The molecule has 1 aromatic heterocycles. The van der Waals surface area contributed by atoms with Crippen molar-refractivity contribution in [1.82, 2.24) is 14.9 Å². The minimum absolute atomic E-state index is 0.0155. The van der Waals surface area contributed by atoms with E-state index in [4.69, 9.17) is 0 Å². The Labute approximate surface area is 156 Å². The number of nitrogens with zero attached hydrogens (tertiary/aromatic N) is 2. The molecule has 1 aromatic carbocycles. The van der Waals surface area contributed by atoms with E-state index in [1.165, 1.54) is 16.7 Å². The van der Waals surface area contributed by atoms with Gasteiger partial charge in [-0.1, -0.05) is 23.9 Å². The van der Waals surface area contributed by atoms with E-state index < -0.39 is 0 Å². The van der Waals surface area contributed by atoms with E-state index in [-0.39, 0.29) is 11.5 Å². The van der Waals surface area contributed by atoms with E-state index in [2.05, 4.69) is 22.1 Å². The number of amides is 1. The first-order chi connectivity index (χ1) is 11.9. The Hall–Kier alpha value is -1.73. The summed E-state index contributed by atoms with van der Waals surface area (Å²) in [5.41, 5.74) is 2.22. The molecular weight excluding hydrogens is 354 g/mol. The Kier molecular flexibility index (Phi) is 7.13. The van der Waals surface area contributed by atoms with Crippen LogP contribution >= 0.6 is 23.5 Å². The van der Waals surface area contributed by atoms with Crippen LogP contribution in [-0.4, -0.2) is 40.3 Å². The number of aromatic nitrogens is 2. The molecule has 0 saturated carbocycles. The van der Waals surface area contributed by atoms with Crippen LogP contribution in [0, 0.1) is 6.92 Å². The Bertz CT molecular complexity index is 788. The van der Waals surface area contributed by atoms with E-state index in [1.54, 1.807) is 23.7 Å². The molecular formula is C18H23N3O2S2. The number of rotatable bonds is 7. The molecule has 1 heterocycles. The van der Waals surface area contributed by atoms with Gasteiger partial charge in [-0.25, -0.2) is 4.98 Å². The third-order valence-corrected chi connectivity index (χ3v) is 5.31. The molecule has 1 amide bonds. The fourth-order valence-electron chi connectivity index (χ4n) is 2.49. The number of carbonyl (C=O) groups excluding carboxylic acids is 1.